The molecule has 3 unspecified atom stereocenters. The monoisotopic (exact) mass is 310 g/mol. The fourth-order valence-electron chi connectivity index (χ4n) is 2.16. The predicted octanol–water partition coefficient (Wildman–Crippen LogP) is 3.70. The first kappa shape index (κ1) is 16.7. The predicted molar refractivity (Wildman–Crippen MR) is 81.9 cm³/mol. The van der Waals surface area contributed by atoms with Crippen LogP contribution in [0.3, 0.4) is 0 Å². The highest BCUT2D eigenvalue weighted by Gasteiger charge is 2.61. The quantitative estimate of drug-likeness (QED) is 0.439. The molecular formula is C16H16Cl2O2. The van der Waals surface area contributed by atoms with Gasteiger partial charge in [-0.3, -0.25) is 4.79 Å². The second kappa shape index (κ2) is 6.89. The molecule has 1 fully saturated rings. The van der Waals surface area contributed by atoms with E-state index in [1.54, 1.807) is 18.2 Å². The maximum absolute atomic E-state index is 12.1. The summed E-state index contributed by atoms with van der Waals surface area (Å²) in [6.45, 7) is 3.91. The molecule has 0 N–H and O–H groups in total. The minimum absolute atomic E-state index is 0.0342. The van der Waals surface area contributed by atoms with Crippen molar-refractivity contribution in [3.8, 4) is 24.7 Å². The normalized spacial score (nSPS) is 24.3. The van der Waals surface area contributed by atoms with Gasteiger partial charge in [-0.05, 0) is 23.5 Å². The number of allylic oxidation sites excluding steroid dienone is 2. The Kier molecular flexibility index (Phi) is 5.75. The van der Waals surface area contributed by atoms with E-state index in [4.69, 9.17) is 40.8 Å². The fraction of sp³-hybridized carbons (Fsp3) is 0.438. The van der Waals surface area contributed by atoms with E-state index in [1.165, 1.54) is 0 Å². The van der Waals surface area contributed by atoms with Crippen LogP contribution in [-0.4, -0.2) is 12.1 Å². The molecule has 2 nitrogen and oxygen atoms in total. The Morgan fingerprint density at radius 2 is 2.10 bits per heavy atom. The van der Waals surface area contributed by atoms with Gasteiger partial charge in [-0.1, -0.05) is 49.0 Å². The molecule has 1 saturated carbocycles. The Morgan fingerprint density at radius 1 is 1.45 bits per heavy atom. The molecule has 1 aliphatic carbocycles. The number of terminal acetylenes is 2. The van der Waals surface area contributed by atoms with E-state index in [0.29, 0.717) is 6.42 Å². The van der Waals surface area contributed by atoms with E-state index in [9.17, 15) is 4.79 Å². The van der Waals surface area contributed by atoms with Crippen molar-refractivity contribution in [3.05, 3.63) is 22.7 Å². The molecule has 106 valence electrons. The SMILES string of the molecule is C#CCC=CC(C#C)OC(=O)C1C(C=C(Cl)Cl)C1(C)C. The van der Waals surface area contributed by atoms with E-state index < -0.39 is 6.10 Å². The van der Waals surface area contributed by atoms with Gasteiger partial charge in [-0.2, -0.15) is 0 Å². The summed E-state index contributed by atoms with van der Waals surface area (Å²) in [5, 5.41) is 0. The topological polar surface area (TPSA) is 26.3 Å². The average Bonchev–Trinajstić information content (AvgIpc) is 2.88. The Balaban J connectivity index is 2.66. The van der Waals surface area contributed by atoms with Crippen LogP contribution in [0.25, 0.3) is 0 Å². The van der Waals surface area contributed by atoms with Crippen molar-refractivity contribution in [3.63, 3.8) is 0 Å². The number of halogens is 2. The maximum Gasteiger partial charge on any atom is 0.311 e. The highest BCUT2D eigenvalue weighted by Crippen LogP contribution is 2.60. The van der Waals surface area contributed by atoms with E-state index in [1.807, 2.05) is 13.8 Å². The van der Waals surface area contributed by atoms with Crippen molar-refractivity contribution in [2.24, 2.45) is 17.3 Å². The lowest BCUT2D eigenvalue weighted by Gasteiger charge is -2.09. The molecule has 0 spiro atoms. The number of esters is 1. The summed E-state index contributed by atoms with van der Waals surface area (Å²) in [7, 11) is 0. The van der Waals surface area contributed by atoms with Gasteiger partial charge in [0.2, 0.25) is 0 Å². The molecule has 0 radical (unpaired) electrons. The van der Waals surface area contributed by atoms with Gasteiger partial charge < -0.3 is 4.74 Å². The first-order valence-corrected chi connectivity index (χ1v) is 6.89. The number of hydrogen-bond donors (Lipinski definition) is 0. The third kappa shape index (κ3) is 4.07. The van der Waals surface area contributed by atoms with Crippen LogP contribution in [0.2, 0.25) is 0 Å². The second-order valence-electron chi connectivity index (χ2n) is 5.14. The van der Waals surface area contributed by atoms with Gasteiger partial charge in [0.15, 0.2) is 6.10 Å². The summed E-state index contributed by atoms with van der Waals surface area (Å²) < 4.78 is 5.43. The molecule has 0 amide bonds. The molecule has 0 aromatic rings. The van der Waals surface area contributed by atoms with E-state index in [0.717, 1.165) is 0 Å². The van der Waals surface area contributed by atoms with Crippen LogP contribution in [0, 0.1) is 41.9 Å². The zero-order valence-corrected chi connectivity index (χ0v) is 12.9. The molecule has 20 heavy (non-hydrogen) atoms. The zero-order valence-electron chi connectivity index (χ0n) is 11.4. The molecule has 1 aliphatic rings. The third-order valence-corrected chi connectivity index (χ3v) is 3.68. The van der Waals surface area contributed by atoms with Crippen LogP contribution in [0.1, 0.15) is 20.3 Å². The van der Waals surface area contributed by atoms with Crippen molar-refractivity contribution in [1.82, 2.24) is 0 Å². The highest BCUT2D eigenvalue weighted by molar-refractivity contribution is 6.55. The minimum Gasteiger partial charge on any atom is -0.445 e. The molecule has 0 aromatic carbocycles. The van der Waals surface area contributed by atoms with Crippen LogP contribution in [0.4, 0.5) is 0 Å². The lowest BCUT2D eigenvalue weighted by molar-refractivity contribution is -0.147. The van der Waals surface area contributed by atoms with Crippen LogP contribution < -0.4 is 0 Å². The molecule has 0 heterocycles. The van der Waals surface area contributed by atoms with Gasteiger partial charge in [-0.25, -0.2) is 0 Å². The van der Waals surface area contributed by atoms with Crippen molar-refractivity contribution < 1.29 is 9.53 Å². The fourth-order valence-corrected chi connectivity index (χ4v) is 2.43. The Hall–Kier alpha value is -1.35. The molecule has 1 rings (SSSR count). The maximum atomic E-state index is 12.1. The summed E-state index contributed by atoms with van der Waals surface area (Å²) in [5.41, 5.74) is -0.228. The molecule has 0 saturated heterocycles. The Morgan fingerprint density at radius 3 is 2.60 bits per heavy atom. The van der Waals surface area contributed by atoms with Crippen molar-refractivity contribution in [2.45, 2.75) is 26.4 Å². The standard InChI is InChI=1S/C16H16Cl2O2/c1-5-7-8-9-11(6-2)20-15(19)14-12(10-13(17)18)16(14,3)4/h1-2,8-12,14H,7H2,3-4H3. The first-order valence-electron chi connectivity index (χ1n) is 6.14. The average molecular weight is 311 g/mol. The van der Waals surface area contributed by atoms with Crippen LogP contribution in [0.5, 0.6) is 0 Å². The number of rotatable bonds is 5. The first-order chi connectivity index (χ1) is 9.34. The molecule has 4 heteroatoms. The lowest BCUT2D eigenvalue weighted by Crippen LogP contribution is -2.17. The minimum atomic E-state index is -0.705. The number of carbonyl (C=O) groups is 1. The Bertz CT molecular complexity index is 514. The zero-order chi connectivity index (χ0) is 15.3. The van der Waals surface area contributed by atoms with Gasteiger partial charge in [0.1, 0.15) is 4.49 Å². The molecule has 0 aliphatic heterocycles. The molecule has 3 atom stereocenters. The van der Waals surface area contributed by atoms with Crippen molar-refractivity contribution in [1.29, 1.82) is 0 Å². The van der Waals surface area contributed by atoms with Gasteiger partial charge in [-0.15, -0.1) is 18.8 Å². The summed E-state index contributed by atoms with van der Waals surface area (Å²) in [4.78, 5) is 12.1. The largest absolute Gasteiger partial charge is 0.445 e. The van der Waals surface area contributed by atoms with Gasteiger partial charge in [0.05, 0.1) is 5.92 Å². The van der Waals surface area contributed by atoms with Gasteiger partial charge in [0, 0.05) is 6.42 Å². The van der Waals surface area contributed by atoms with Crippen molar-refractivity contribution >= 4 is 29.2 Å². The van der Waals surface area contributed by atoms with Crippen LogP contribution in [-0.2, 0) is 9.53 Å². The summed E-state index contributed by atoms with van der Waals surface area (Å²) in [6, 6.07) is 0. The number of ether oxygens (including phenoxy) is 1. The van der Waals surface area contributed by atoms with Gasteiger partial charge >= 0.3 is 5.97 Å². The molecule has 0 aromatic heterocycles. The smallest absolute Gasteiger partial charge is 0.311 e. The summed E-state index contributed by atoms with van der Waals surface area (Å²) >= 11 is 11.3. The van der Waals surface area contributed by atoms with E-state index >= 15 is 0 Å². The molecule has 0 bridgehead atoms. The van der Waals surface area contributed by atoms with Crippen LogP contribution >= 0.6 is 23.2 Å². The third-order valence-electron chi connectivity index (χ3n) is 3.42. The van der Waals surface area contributed by atoms with Gasteiger partial charge in [0.25, 0.3) is 0 Å². The highest BCUT2D eigenvalue weighted by atomic mass is 35.5. The Labute approximate surface area is 130 Å². The van der Waals surface area contributed by atoms with E-state index in [2.05, 4.69) is 11.8 Å². The molecular weight excluding hydrogens is 295 g/mol. The number of carbonyl (C=O) groups excluding carboxylic acids is 1. The van der Waals surface area contributed by atoms with E-state index in [-0.39, 0.29) is 27.7 Å². The lowest BCUT2D eigenvalue weighted by atomic mass is 10.1. The summed E-state index contributed by atoms with van der Waals surface area (Å²) in [5.74, 6) is 4.17. The van der Waals surface area contributed by atoms with Crippen molar-refractivity contribution in [2.75, 3.05) is 0 Å². The summed E-state index contributed by atoms with van der Waals surface area (Å²) in [6.07, 6.45) is 15.1. The van der Waals surface area contributed by atoms with Crippen LogP contribution in [0.15, 0.2) is 22.7 Å². The second-order valence-corrected chi connectivity index (χ2v) is 6.15. The number of hydrogen-bond acceptors (Lipinski definition) is 2.